The summed E-state index contributed by atoms with van der Waals surface area (Å²) in [5, 5.41) is 4.52. The van der Waals surface area contributed by atoms with E-state index >= 15 is 0 Å². The quantitative estimate of drug-likeness (QED) is 0.673. The Labute approximate surface area is 160 Å². The van der Waals surface area contributed by atoms with Gasteiger partial charge in [0.15, 0.2) is 6.10 Å². The van der Waals surface area contributed by atoms with E-state index in [2.05, 4.69) is 10.0 Å². The fourth-order valence-electron chi connectivity index (χ4n) is 1.96. The van der Waals surface area contributed by atoms with E-state index in [9.17, 15) is 18.0 Å². The van der Waals surface area contributed by atoms with Crippen LogP contribution in [0.5, 0.6) is 0 Å². The fraction of sp³-hybridized carbons (Fsp3) is 0.250. The van der Waals surface area contributed by atoms with Crippen LogP contribution >= 0.6 is 22.9 Å². The van der Waals surface area contributed by atoms with Crippen LogP contribution in [-0.4, -0.2) is 33.4 Å². The zero-order valence-corrected chi connectivity index (χ0v) is 16.4. The molecule has 1 aromatic carbocycles. The van der Waals surface area contributed by atoms with E-state index in [0.717, 1.165) is 10.9 Å². The lowest BCUT2D eigenvalue weighted by atomic mass is 10.2. The minimum Gasteiger partial charge on any atom is -0.449 e. The monoisotopic (exact) mass is 416 g/mol. The van der Waals surface area contributed by atoms with E-state index in [1.807, 2.05) is 17.5 Å². The molecule has 2 N–H and O–H groups in total. The first-order valence-corrected chi connectivity index (χ1v) is 10.2. The minimum absolute atomic E-state index is 0.0267. The molecule has 0 aliphatic rings. The maximum absolute atomic E-state index is 12.2. The molecule has 0 bridgehead atoms. The van der Waals surface area contributed by atoms with Gasteiger partial charge in [-0.3, -0.25) is 4.79 Å². The van der Waals surface area contributed by atoms with E-state index in [-0.39, 0.29) is 15.5 Å². The zero-order chi connectivity index (χ0) is 19.3. The summed E-state index contributed by atoms with van der Waals surface area (Å²) in [5.74, 6) is -1.28. The first-order chi connectivity index (χ1) is 12.2. The fourth-order valence-corrected chi connectivity index (χ4v) is 3.85. The molecule has 0 aliphatic heterocycles. The Morgan fingerprint density at radius 2 is 2.04 bits per heavy atom. The van der Waals surface area contributed by atoms with Crippen molar-refractivity contribution >= 4 is 44.8 Å². The molecule has 0 saturated heterocycles. The molecule has 10 heteroatoms. The van der Waals surface area contributed by atoms with Gasteiger partial charge in [-0.2, -0.15) is 0 Å². The number of esters is 1. The summed E-state index contributed by atoms with van der Waals surface area (Å²) < 4.78 is 31.1. The molecule has 1 atom stereocenters. The van der Waals surface area contributed by atoms with E-state index < -0.39 is 28.0 Å². The second-order valence-corrected chi connectivity index (χ2v) is 8.49. The van der Waals surface area contributed by atoms with Crippen molar-refractivity contribution in [3.05, 3.63) is 51.2 Å². The van der Waals surface area contributed by atoms with Gasteiger partial charge in [0.05, 0.1) is 17.1 Å². The van der Waals surface area contributed by atoms with Crippen molar-refractivity contribution in [3.63, 3.8) is 0 Å². The third kappa shape index (κ3) is 5.04. The topological polar surface area (TPSA) is 102 Å². The summed E-state index contributed by atoms with van der Waals surface area (Å²) in [4.78, 5) is 25.0. The van der Waals surface area contributed by atoms with Crippen molar-refractivity contribution in [1.82, 2.24) is 10.0 Å². The third-order valence-electron chi connectivity index (χ3n) is 3.40. The molecule has 0 saturated carbocycles. The maximum atomic E-state index is 12.2. The number of rotatable bonds is 7. The zero-order valence-electron chi connectivity index (χ0n) is 14.0. The van der Waals surface area contributed by atoms with Gasteiger partial charge in [-0.1, -0.05) is 17.7 Å². The molecule has 2 rings (SSSR count). The van der Waals surface area contributed by atoms with Crippen LogP contribution in [0, 0.1) is 0 Å². The Morgan fingerprint density at radius 1 is 1.31 bits per heavy atom. The van der Waals surface area contributed by atoms with Crippen molar-refractivity contribution in [1.29, 1.82) is 0 Å². The standard InChI is InChI=1S/C16H17ClN2O5S2/c1-10(15(20)19-9-12-4-3-7-25-12)24-16(21)11-5-6-13(17)14(8-11)26(22,23)18-2/h3-8,10,18H,9H2,1-2H3,(H,19,20)/t10-/m0/s1. The Hall–Kier alpha value is -1.94. The highest BCUT2D eigenvalue weighted by molar-refractivity contribution is 7.89. The predicted molar refractivity (Wildman–Crippen MR) is 98.7 cm³/mol. The van der Waals surface area contributed by atoms with E-state index in [1.165, 1.54) is 37.4 Å². The number of carbonyl (C=O) groups is 2. The highest BCUT2D eigenvalue weighted by Crippen LogP contribution is 2.23. The van der Waals surface area contributed by atoms with Crippen LogP contribution in [-0.2, 0) is 26.1 Å². The van der Waals surface area contributed by atoms with Gasteiger partial charge in [0.1, 0.15) is 4.90 Å². The SMILES string of the molecule is CNS(=O)(=O)c1cc(C(=O)O[C@@H](C)C(=O)NCc2cccs2)ccc1Cl. The van der Waals surface area contributed by atoms with Gasteiger partial charge in [0.2, 0.25) is 10.0 Å². The van der Waals surface area contributed by atoms with Crippen molar-refractivity contribution in [3.8, 4) is 0 Å². The van der Waals surface area contributed by atoms with Crippen LogP contribution < -0.4 is 10.0 Å². The number of nitrogens with one attached hydrogen (secondary N) is 2. The molecule has 26 heavy (non-hydrogen) atoms. The largest absolute Gasteiger partial charge is 0.449 e. The lowest BCUT2D eigenvalue weighted by Gasteiger charge is -2.14. The van der Waals surface area contributed by atoms with Gasteiger partial charge >= 0.3 is 5.97 Å². The second kappa shape index (κ2) is 8.63. The molecule has 0 radical (unpaired) electrons. The van der Waals surface area contributed by atoms with Crippen molar-refractivity contribution in [2.45, 2.75) is 24.5 Å². The molecule has 0 aliphatic carbocycles. The normalized spacial score (nSPS) is 12.4. The van der Waals surface area contributed by atoms with Gasteiger partial charge in [0, 0.05) is 4.88 Å². The Balaban J connectivity index is 2.04. The summed E-state index contributed by atoms with van der Waals surface area (Å²) >= 11 is 7.37. The van der Waals surface area contributed by atoms with Gasteiger partial charge in [-0.25, -0.2) is 17.9 Å². The Bertz CT molecular complexity index is 897. The molecular formula is C16H17ClN2O5S2. The number of hydrogen-bond donors (Lipinski definition) is 2. The molecule has 140 valence electrons. The van der Waals surface area contributed by atoms with Crippen molar-refractivity contribution in [2.24, 2.45) is 0 Å². The van der Waals surface area contributed by atoms with Crippen LogP contribution in [0.4, 0.5) is 0 Å². The van der Waals surface area contributed by atoms with E-state index in [4.69, 9.17) is 16.3 Å². The van der Waals surface area contributed by atoms with Gasteiger partial charge in [-0.05, 0) is 43.6 Å². The van der Waals surface area contributed by atoms with E-state index in [1.54, 1.807) is 0 Å². The van der Waals surface area contributed by atoms with Gasteiger partial charge in [0.25, 0.3) is 5.91 Å². The average Bonchev–Trinajstić information content (AvgIpc) is 3.13. The van der Waals surface area contributed by atoms with Gasteiger partial charge < -0.3 is 10.1 Å². The highest BCUT2D eigenvalue weighted by Gasteiger charge is 2.22. The maximum Gasteiger partial charge on any atom is 0.338 e. The second-order valence-electron chi connectivity index (χ2n) is 5.20. The summed E-state index contributed by atoms with van der Waals surface area (Å²) in [6.45, 7) is 1.77. The lowest BCUT2D eigenvalue weighted by molar-refractivity contribution is -0.129. The predicted octanol–water partition coefficient (Wildman–Crippen LogP) is 2.17. The summed E-state index contributed by atoms with van der Waals surface area (Å²) in [7, 11) is -2.60. The lowest BCUT2D eigenvalue weighted by Crippen LogP contribution is -2.35. The average molecular weight is 417 g/mol. The number of amides is 1. The summed E-state index contributed by atoms with van der Waals surface area (Å²) in [6, 6.07) is 7.46. The number of sulfonamides is 1. The smallest absolute Gasteiger partial charge is 0.338 e. The number of thiophene rings is 1. The Morgan fingerprint density at radius 3 is 2.65 bits per heavy atom. The molecular weight excluding hydrogens is 400 g/mol. The molecule has 1 amide bonds. The van der Waals surface area contributed by atoms with Crippen LogP contribution in [0.2, 0.25) is 5.02 Å². The Kier molecular flexibility index (Phi) is 6.76. The first-order valence-electron chi connectivity index (χ1n) is 7.48. The summed E-state index contributed by atoms with van der Waals surface area (Å²) in [5.41, 5.74) is -0.0267. The van der Waals surface area contributed by atoms with Crippen LogP contribution in [0.1, 0.15) is 22.2 Å². The van der Waals surface area contributed by atoms with Crippen molar-refractivity contribution < 1.29 is 22.7 Å². The van der Waals surface area contributed by atoms with Crippen LogP contribution in [0.3, 0.4) is 0 Å². The molecule has 1 aromatic heterocycles. The van der Waals surface area contributed by atoms with Crippen molar-refractivity contribution in [2.75, 3.05) is 7.05 Å². The molecule has 0 unspecified atom stereocenters. The molecule has 2 aromatic rings. The van der Waals surface area contributed by atoms with E-state index in [0.29, 0.717) is 6.54 Å². The first kappa shape index (κ1) is 20.4. The number of carbonyl (C=O) groups excluding carboxylic acids is 2. The molecule has 7 nitrogen and oxygen atoms in total. The van der Waals surface area contributed by atoms with Crippen LogP contribution in [0.15, 0.2) is 40.6 Å². The number of benzene rings is 1. The number of halogens is 1. The molecule has 1 heterocycles. The van der Waals surface area contributed by atoms with Gasteiger partial charge in [-0.15, -0.1) is 11.3 Å². The number of ether oxygens (including phenoxy) is 1. The highest BCUT2D eigenvalue weighted by atomic mass is 35.5. The molecule has 0 fully saturated rings. The summed E-state index contributed by atoms with van der Waals surface area (Å²) in [6.07, 6.45) is -1.04. The van der Waals surface area contributed by atoms with Crippen LogP contribution in [0.25, 0.3) is 0 Å². The third-order valence-corrected chi connectivity index (χ3v) is 6.17. The molecule has 0 spiro atoms. The minimum atomic E-state index is -3.83. The number of hydrogen-bond acceptors (Lipinski definition) is 6.